The minimum atomic E-state index is -4.22. The van der Waals surface area contributed by atoms with E-state index in [9.17, 15) is 21.6 Å². The molecule has 1 aliphatic carbocycles. The molecule has 0 aliphatic heterocycles. The first kappa shape index (κ1) is 32.1. The highest BCUT2D eigenvalue weighted by Crippen LogP contribution is 2.37. The zero-order chi connectivity index (χ0) is 29.5. The maximum absolute atomic E-state index is 13.4. The molecule has 0 radical (unpaired) electrons. The molecule has 40 heavy (non-hydrogen) atoms. The molecule has 0 fully saturated rings. The van der Waals surface area contributed by atoms with Crippen molar-refractivity contribution in [1.29, 1.82) is 0 Å². The second-order valence-corrected chi connectivity index (χ2v) is 15.2. The highest BCUT2D eigenvalue weighted by molar-refractivity contribution is 7.96. The normalized spacial score (nSPS) is 14.1. The van der Waals surface area contributed by atoms with Crippen molar-refractivity contribution in [2.24, 2.45) is 5.92 Å². The second-order valence-electron chi connectivity index (χ2n) is 9.82. The van der Waals surface area contributed by atoms with Gasteiger partial charge < -0.3 is 4.74 Å². The van der Waals surface area contributed by atoms with E-state index in [2.05, 4.69) is 0 Å². The number of benzene rings is 1. The second kappa shape index (κ2) is 14.0. The summed E-state index contributed by atoms with van der Waals surface area (Å²) in [6.07, 6.45) is 6.54. The van der Waals surface area contributed by atoms with Gasteiger partial charge in [-0.15, -0.1) is 11.3 Å². The third-order valence-electron chi connectivity index (χ3n) is 6.08. The number of nitrogens with one attached hydrogen (secondary N) is 1. The highest BCUT2D eigenvalue weighted by Gasteiger charge is 2.30. The lowest BCUT2D eigenvalue weighted by molar-refractivity contribution is 0.151. The van der Waals surface area contributed by atoms with E-state index in [4.69, 9.17) is 17.0 Å². The SMILES string of the molecule is CCCCOC(=O)NS(=O)(=O)c1sc(CC(C)C)cc1-c1cccc(CN(CC)S(=O)(=O)C2=CC=CCC2=S)c1. The van der Waals surface area contributed by atoms with Crippen molar-refractivity contribution < 1.29 is 26.4 Å². The lowest BCUT2D eigenvalue weighted by Crippen LogP contribution is -2.33. The lowest BCUT2D eigenvalue weighted by atomic mass is 10.0. The molecule has 0 saturated heterocycles. The molecule has 0 saturated carbocycles. The number of thiocarbonyl (C=S) groups is 1. The van der Waals surface area contributed by atoms with Gasteiger partial charge in [-0.05, 0) is 48.1 Å². The maximum Gasteiger partial charge on any atom is 0.421 e. The van der Waals surface area contributed by atoms with Crippen molar-refractivity contribution >= 4 is 54.6 Å². The summed E-state index contributed by atoms with van der Waals surface area (Å²) in [4.78, 5) is 13.6. The third kappa shape index (κ3) is 8.10. The van der Waals surface area contributed by atoms with Crippen LogP contribution in [-0.4, -0.2) is 45.3 Å². The first-order chi connectivity index (χ1) is 18.9. The predicted molar refractivity (Wildman–Crippen MR) is 164 cm³/mol. The number of carbonyl (C=O) groups excluding carboxylic acids is 1. The maximum atomic E-state index is 13.4. The van der Waals surface area contributed by atoms with Gasteiger partial charge in [-0.3, -0.25) is 0 Å². The summed E-state index contributed by atoms with van der Waals surface area (Å²) in [6.45, 7) is 8.23. The minimum absolute atomic E-state index is 0.0113. The van der Waals surface area contributed by atoms with Crippen molar-refractivity contribution in [1.82, 2.24) is 9.03 Å². The summed E-state index contributed by atoms with van der Waals surface area (Å²) in [5, 5.41) is 0. The van der Waals surface area contributed by atoms with Crippen LogP contribution in [0.4, 0.5) is 4.79 Å². The smallest absolute Gasteiger partial charge is 0.421 e. The van der Waals surface area contributed by atoms with Gasteiger partial charge in [0.25, 0.3) is 10.0 Å². The van der Waals surface area contributed by atoms with E-state index in [0.717, 1.165) is 22.6 Å². The van der Waals surface area contributed by atoms with E-state index in [1.165, 1.54) is 10.4 Å². The van der Waals surface area contributed by atoms with Crippen LogP contribution in [0.1, 0.15) is 57.4 Å². The van der Waals surface area contributed by atoms with E-state index in [1.807, 2.05) is 37.6 Å². The third-order valence-corrected chi connectivity index (χ3v) is 11.6. The van der Waals surface area contributed by atoms with Gasteiger partial charge in [-0.25, -0.2) is 26.4 Å². The standard InChI is InChI=1S/C28H36N2O6S4/c1-5-7-15-36-28(31)29-39(32,33)27-24(18-23(38-27)16-20(3)4)22-12-10-11-21(17-22)19-30(6-2)40(34,35)26-14-9-8-13-25(26)37/h8-12,14,17-18,20H,5-7,13,15-16,19H2,1-4H3,(H,29,31). The van der Waals surface area contributed by atoms with Crippen molar-refractivity contribution in [2.45, 2.75) is 64.1 Å². The number of hydrogen-bond donors (Lipinski definition) is 1. The predicted octanol–water partition coefficient (Wildman–Crippen LogP) is 6.19. The van der Waals surface area contributed by atoms with Gasteiger partial charge in [0.15, 0.2) is 0 Å². The van der Waals surface area contributed by atoms with Crippen LogP contribution in [0.25, 0.3) is 11.1 Å². The van der Waals surface area contributed by atoms with Gasteiger partial charge in [0.2, 0.25) is 10.0 Å². The Labute approximate surface area is 247 Å². The molecule has 3 rings (SSSR count). The zero-order valence-electron chi connectivity index (χ0n) is 23.2. The number of carbonyl (C=O) groups is 1. The molecule has 2 aromatic rings. The van der Waals surface area contributed by atoms with Crippen LogP contribution in [0.3, 0.4) is 0 Å². The van der Waals surface area contributed by atoms with E-state index < -0.39 is 26.1 Å². The first-order valence-electron chi connectivity index (χ1n) is 13.2. The molecule has 1 amide bonds. The largest absolute Gasteiger partial charge is 0.449 e. The van der Waals surface area contributed by atoms with Gasteiger partial charge in [-0.2, -0.15) is 4.31 Å². The summed E-state index contributed by atoms with van der Waals surface area (Å²) < 4.78 is 61.8. The summed E-state index contributed by atoms with van der Waals surface area (Å²) >= 11 is 6.43. The average molecular weight is 625 g/mol. The van der Waals surface area contributed by atoms with Crippen LogP contribution in [0.5, 0.6) is 0 Å². The van der Waals surface area contributed by atoms with Gasteiger partial charge >= 0.3 is 6.09 Å². The van der Waals surface area contributed by atoms with Crippen LogP contribution < -0.4 is 4.72 Å². The molecule has 0 spiro atoms. The Morgan fingerprint density at radius 1 is 1.18 bits per heavy atom. The topological polar surface area (TPSA) is 110 Å². The number of thiophene rings is 1. The Hall–Kier alpha value is -2.38. The Kier molecular flexibility index (Phi) is 11.2. The number of nitrogens with zero attached hydrogens (tertiary/aromatic N) is 1. The monoisotopic (exact) mass is 624 g/mol. The molecule has 12 heteroatoms. The first-order valence-corrected chi connectivity index (χ1v) is 17.4. The van der Waals surface area contributed by atoms with Crippen molar-refractivity contribution in [3.63, 3.8) is 0 Å². The fourth-order valence-corrected chi connectivity index (χ4v) is 9.00. The van der Waals surface area contributed by atoms with Gasteiger partial charge in [0.1, 0.15) is 4.21 Å². The molecule has 1 N–H and O–H groups in total. The van der Waals surface area contributed by atoms with Crippen LogP contribution >= 0.6 is 23.6 Å². The number of allylic oxidation sites excluding steroid dienone is 4. The lowest BCUT2D eigenvalue weighted by Gasteiger charge is -2.23. The highest BCUT2D eigenvalue weighted by atomic mass is 32.2. The number of unbranched alkanes of at least 4 members (excludes halogenated alkanes) is 1. The molecular formula is C28H36N2O6S4. The van der Waals surface area contributed by atoms with E-state index >= 15 is 0 Å². The molecule has 8 nitrogen and oxygen atoms in total. The summed E-state index contributed by atoms with van der Waals surface area (Å²) in [6, 6.07) is 8.95. The van der Waals surface area contributed by atoms with Crippen LogP contribution in [0.2, 0.25) is 0 Å². The molecule has 0 atom stereocenters. The molecule has 0 bridgehead atoms. The van der Waals surface area contributed by atoms with Crippen LogP contribution in [0, 0.1) is 5.92 Å². The molecule has 1 aromatic heterocycles. The molecular weight excluding hydrogens is 589 g/mol. The summed E-state index contributed by atoms with van der Waals surface area (Å²) in [7, 11) is -8.03. The molecule has 218 valence electrons. The summed E-state index contributed by atoms with van der Waals surface area (Å²) in [5.74, 6) is 0.290. The van der Waals surface area contributed by atoms with Crippen LogP contribution in [-0.2, 0) is 37.7 Å². The zero-order valence-corrected chi connectivity index (χ0v) is 26.4. The summed E-state index contributed by atoms with van der Waals surface area (Å²) in [5.41, 5.74) is 1.74. The number of hydrogen-bond acceptors (Lipinski definition) is 8. The molecule has 1 aliphatic rings. The molecule has 1 aromatic carbocycles. The van der Waals surface area contributed by atoms with E-state index in [1.54, 1.807) is 37.3 Å². The quantitative estimate of drug-likeness (QED) is 0.209. The van der Waals surface area contributed by atoms with Crippen molar-refractivity contribution in [3.05, 3.63) is 63.9 Å². The van der Waals surface area contributed by atoms with Gasteiger partial charge in [-0.1, -0.05) is 76.7 Å². The fraction of sp³-hybridized carbons (Fsp3) is 0.429. The van der Waals surface area contributed by atoms with Gasteiger partial charge in [0.05, 0.1) is 11.5 Å². The number of sulfonamides is 2. The Balaban J connectivity index is 1.96. The molecule has 0 unspecified atom stereocenters. The van der Waals surface area contributed by atoms with E-state index in [0.29, 0.717) is 46.7 Å². The number of rotatable bonds is 13. The Morgan fingerprint density at radius 2 is 1.93 bits per heavy atom. The van der Waals surface area contributed by atoms with Crippen molar-refractivity contribution in [3.8, 4) is 11.1 Å². The van der Waals surface area contributed by atoms with Gasteiger partial charge in [0, 0.05) is 34.8 Å². The molecule has 1 heterocycles. The van der Waals surface area contributed by atoms with E-state index in [-0.39, 0.29) is 28.8 Å². The van der Waals surface area contributed by atoms with Crippen LogP contribution in [0.15, 0.2) is 57.7 Å². The fourth-order valence-electron chi connectivity index (χ4n) is 4.12. The number of amides is 1. The Morgan fingerprint density at radius 3 is 2.58 bits per heavy atom. The van der Waals surface area contributed by atoms with Crippen molar-refractivity contribution in [2.75, 3.05) is 13.2 Å². The number of ether oxygens (including phenoxy) is 1. The average Bonchev–Trinajstić information content (AvgIpc) is 3.31. The Bertz CT molecular complexity index is 1500. The minimum Gasteiger partial charge on any atom is -0.449 e.